The molecule has 158 valence electrons. The Kier molecular flexibility index (Phi) is 6.72. The molecule has 2 amide bonds. The van der Waals surface area contributed by atoms with Crippen molar-refractivity contribution in [2.45, 2.75) is 50.6 Å². The van der Waals surface area contributed by atoms with E-state index < -0.39 is 17.9 Å². The normalized spacial score (nSPS) is 19.6. The van der Waals surface area contributed by atoms with E-state index in [4.69, 9.17) is 0 Å². The number of nitrogens with zero attached hydrogens (tertiary/aromatic N) is 2. The molecule has 3 atom stereocenters. The Morgan fingerprint density at radius 2 is 2.00 bits per heavy atom. The number of carbonyl (C=O) groups is 3. The minimum atomic E-state index is -1.26. The fourth-order valence-corrected chi connectivity index (χ4v) is 4.08. The Labute approximate surface area is 174 Å². The zero-order valence-corrected chi connectivity index (χ0v) is 16.9. The number of para-hydroxylation sites is 1. The lowest BCUT2D eigenvalue weighted by Gasteiger charge is -2.31. The third-order valence-electron chi connectivity index (χ3n) is 5.71. The maximum atomic E-state index is 12.9. The van der Waals surface area contributed by atoms with E-state index in [-0.39, 0.29) is 30.7 Å². The van der Waals surface area contributed by atoms with Gasteiger partial charge in [-0.05, 0) is 37.8 Å². The van der Waals surface area contributed by atoms with Gasteiger partial charge in [-0.3, -0.25) is 9.59 Å². The predicted octanol–water partition coefficient (Wildman–Crippen LogP) is 1.01. The van der Waals surface area contributed by atoms with Crippen molar-refractivity contribution in [3.63, 3.8) is 0 Å². The van der Waals surface area contributed by atoms with Crippen molar-refractivity contribution in [1.29, 1.82) is 5.26 Å². The quantitative estimate of drug-likeness (QED) is 0.705. The highest BCUT2D eigenvalue weighted by atomic mass is 16.4. The molecule has 2 aromatic rings. The van der Waals surface area contributed by atoms with Crippen LogP contribution in [0.25, 0.3) is 10.9 Å². The Morgan fingerprint density at radius 1 is 1.27 bits per heavy atom. The van der Waals surface area contributed by atoms with Gasteiger partial charge in [0.15, 0.2) is 0 Å². The molecule has 30 heavy (non-hydrogen) atoms. The van der Waals surface area contributed by atoms with E-state index in [2.05, 4.69) is 10.6 Å². The molecule has 1 aromatic heterocycles. The molecule has 1 heterocycles. The first-order valence-electron chi connectivity index (χ1n) is 10.2. The van der Waals surface area contributed by atoms with Crippen LogP contribution in [0.5, 0.6) is 0 Å². The van der Waals surface area contributed by atoms with Gasteiger partial charge in [0, 0.05) is 30.0 Å². The largest absolute Gasteiger partial charge is 0.550 e. The minimum absolute atomic E-state index is 0.00966. The highest BCUT2D eigenvalue weighted by Gasteiger charge is 2.33. The lowest BCUT2D eigenvalue weighted by Crippen LogP contribution is -2.50. The number of carboxylic acid groups (broad SMARTS) is 1. The smallest absolute Gasteiger partial charge is 0.268 e. The highest BCUT2D eigenvalue weighted by molar-refractivity contribution is 5.99. The van der Waals surface area contributed by atoms with Crippen molar-refractivity contribution < 1.29 is 19.5 Å². The Hall–Kier alpha value is -3.34. The van der Waals surface area contributed by atoms with E-state index in [1.54, 1.807) is 0 Å². The molecule has 0 unspecified atom stereocenters. The van der Waals surface area contributed by atoms with Crippen molar-refractivity contribution in [1.82, 2.24) is 15.2 Å². The third-order valence-corrected chi connectivity index (χ3v) is 5.71. The van der Waals surface area contributed by atoms with Crippen LogP contribution in [0, 0.1) is 17.2 Å². The van der Waals surface area contributed by atoms with Crippen molar-refractivity contribution in [2.75, 3.05) is 0 Å². The molecular weight excluding hydrogens is 384 g/mol. The average molecular weight is 409 g/mol. The monoisotopic (exact) mass is 409 g/mol. The molecule has 1 saturated carbocycles. The number of nitrogens with one attached hydrogen (secondary N) is 2. The first kappa shape index (κ1) is 21.4. The molecule has 1 aliphatic carbocycles. The van der Waals surface area contributed by atoms with E-state index in [0.717, 1.165) is 23.7 Å². The fourth-order valence-electron chi connectivity index (χ4n) is 4.08. The zero-order valence-electron chi connectivity index (χ0n) is 16.9. The number of benzene rings is 1. The number of amides is 2. The number of aliphatic carboxylic acids is 1. The summed E-state index contributed by atoms with van der Waals surface area (Å²) in [5, 5.41) is 26.4. The Balaban J connectivity index is 1.69. The summed E-state index contributed by atoms with van der Waals surface area (Å²) in [6.07, 6.45) is 2.72. The molecule has 3 rings (SSSR count). The molecule has 8 heteroatoms. The predicted molar refractivity (Wildman–Crippen MR) is 108 cm³/mol. The maximum absolute atomic E-state index is 12.9. The van der Waals surface area contributed by atoms with Gasteiger partial charge in [-0.1, -0.05) is 31.0 Å². The summed E-state index contributed by atoms with van der Waals surface area (Å²) in [5.41, 5.74) is 1.47. The lowest BCUT2D eigenvalue weighted by molar-refractivity contribution is -0.305. The molecule has 0 spiro atoms. The maximum Gasteiger partial charge on any atom is 0.268 e. The molecule has 0 radical (unpaired) electrons. The van der Waals surface area contributed by atoms with Crippen molar-refractivity contribution in [2.24, 2.45) is 13.0 Å². The van der Waals surface area contributed by atoms with Gasteiger partial charge in [-0.15, -0.1) is 0 Å². The van der Waals surface area contributed by atoms with Gasteiger partial charge in [0.2, 0.25) is 5.91 Å². The summed E-state index contributed by atoms with van der Waals surface area (Å²) >= 11 is 0. The number of hydrogen-bond acceptors (Lipinski definition) is 5. The number of aryl methyl sites for hydroxylation is 1. The van der Waals surface area contributed by atoms with Gasteiger partial charge in [-0.25, -0.2) is 0 Å². The van der Waals surface area contributed by atoms with Gasteiger partial charge in [0.25, 0.3) is 5.91 Å². The standard InChI is InChI=1S/C22H26N4O4/c1-26-18-9-5-2-6-14(18)12-19(26)22(30)25-17-8-4-3-7-16(17)21(29)24-15(13-23)10-11-20(27)28/h2,5-6,9,12,15-17H,3-4,7-8,10-11H2,1H3,(H,24,29)(H,25,30)(H,27,28)/p-1/t15-,16+,17-/m0/s1. The van der Waals surface area contributed by atoms with Gasteiger partial charge < -0.3 is 25.1 Å². The molecule has 1 fully saturated rings. The van der Waals surface area contributed by atoms with E-state index >= 15 is 0 Å². The topological polar surface area (TPSA) is 127 Å². The summed E-state index contributed by atoms with van der Waals surface area (Å²) in [5.74, 6) is -2.30. The molecule has 2 N–H and O–H groups in total. The number of nitriles is 1. The van der Waals surface area contributed by atoms with Gasteiger partial charge in [0.1, 0.15) is 11.7 Å². The number of carbonyl (C=O) groups excluding carboxylic acids is 3. The Bertz CT molecular complexity index is 991. The van der Waals surface area contributed by atoms with Crippen molar-refractivity contribution >= 4 is 28.7 Å². The van der Waals surface area contributed by atoms with E-state index in [1.807, 2.05) is 48.0 Å². The second kappa shape index (κ2) is 9.44. The van der Waals surface area contributed by atoms with Crippen LogP contribution >= 0.6 is 0 Å². The van der Waals surface area contributed by atoms with Crippen molar-refractivity contribution in [3.8, 4) is 6.07 Å². The van der Waals surface area contributed by atoms with Crippen LogP contribution in [0.1, 0.15) is 49.0 Å². The van der Waals surface area contributed by atoms with Crippen LogP contribution in [0.3, 0.4) is 0 Å². The number of rotatable bonds is 7. The second-order valence-electron chi connectivity index (χ2n) is 7.72. The van der Waals surface area contributed by atoms with Gasteiger partial charge in [-0.2, -0.15) is 5.26 Å². The van der Waals surface area contributed by atoms with E-state index in [9.17, 15) is 24.8 Å². The van der Waals surface area contributed by atoms with Crippen LogP contribution in [0.2, 0.25) is 0 Å². The molecule has 0 bridgehead atoms. The zero-order chi connectivity index (χ0) is 21.7. The molecule has 1 aliphatic rings. The SMILES string of the molecule is Cn1c(C(=O)N[C@H]2CCCC[C@H]2C(=O)N[C@H](C#N)CCC(=O)[O-])cc2ccccc21. The minimum Gasteiger partial charge on any atom is -0.550 e. The number of aromatic nitrogens is 1. The van der Waals surface area contributed by atoms with Gasteiger partial charge >= 0.3 is 0 Å². The molecule has 1 aromatic carbocycles. The molecule has 0 saturated heterocycles. The van der Waals surface area contributed by atoms with E-state index in [0.29, 0.717) is 18.5 Å². The van der Waals surface area contributed by atoms with Crippen molar-refractivity contribution in [3.05, 3.63) is 36.0 Å². The average Bonchev–Trinajstić information content (AvgIpc) is 3.08. The van der Waals surface area contributed by atoms with Crippen LogP contribution in [-0.4, -0.2) is 34.4 Å². The second-order valence-corrected chi connectivity index (χ2v) is 7.72. The van der Waals surface area contributed by atoms with Crippen LogP contribution in [0.4, 0.5) is 0 Å². The van der Waals surface area contributed by atoms with Gasteiger partial charge in [0.05, 0.1) is 12.0 Å². The summed E-state index contributed by atoms with van der Waals surface area (Å²) in [6, 6.07) is 10.2. The summed E-state index contributed by atoms with van der Waals surface area (Å²) in [7, 11) is 1.83. The fraction of sp³-hybridized carbons (Fsp3) is 0.455. The first-order chi connectivity index (χ1) is 14.4. The van der Waals surface area contributed by atoms with Crippen LogP contribution in [0.15, 0.2) is 30.3 Å². The Morgan fingerprint density at radius 3 is 2.70 bits per heavy atom. The summed E-state index contributed by atoms with van der Waals surface area (Å²) in [4.78, 5) is 36.3. The first-order valence-corrected chi connectivity index (χ1v) is 10.2. The summed E-state index contributed by atoms with van der Waals surface area (Å²) < 4.78 is 1.83. The van der Waals surface area contributed by atoms with Crippen LogP contribution in [-0.2, 0) is 16.6 Å². The highest BCUT2D eigenvalue weighted by Crippen LogP contribution is 2.26. The lowest BCUT2D eigenvalue weighted by atomic mass is 9.83. The molecule has 0 aliphatic heterocycles. The molecular formula is C22H25N4O4-. The number of fused-ring (bicyclic) bond motifs is 1. The molecule has 8 nitrogen and oxygen atoms in total. The van der Waals surface area contributed by atoms with E-state index in [1.165, 1.54) is 0 Å². The van der Waals surface area contributed by atoms with Crippen LogP contribution < -0.4 is 15.7 Å². The number of hydrogen-bond donors (Lipinski definition) is 2. The number of carboxylic acids is 1. The summed E-state index contributed by atoms with van der Waals surface area (Å²) in [6.45, 7) is 0. The third kappa shape index (κ3) is 4.79.